The third-order valence-electron chi connectivity index (χ3n) is 8.26. The highest BCUT2D eigenvalue weighted by molar-refractivity contribution is 5.91. The van der Waals surface area contributed by atoms with E-state index in [1.807, 2.05) is 42.2 Å². The standard InChI is InChI=1S/C31H37N3O3/c1-22-5-4-6-23(19-22)9-10-30(35)34-15-11-24(12-16-34)20-29(31(36)37)33-17-13-25(14-18-33)27-21-32-28-8-3-2-7-26(27)28/h2-10,19,21,24-25,29,32H,11-18,20H2,1H3,(H,36,37). The number of aromatic nitrogens is 1. The Kier molecular flexibility index (Phi) is 7.75. The number of carboxylic acid groups (broad SMARTS) is 1. The quantitative estimate of drug-likeness (QED) is 0.424. The number of hydrogen-bond acceptors (Lipinski definition) is 3. The molecule has 194 valence electrons. The lowest BCUT2D eigenvalue weighted by molar-refractivity contribution is -0.145. The first-order chi connectivity index (χ1) is 18.0. The number of amides is 1. The van der Waals surface area contributed by atoms with Crippen LogP contribution in [0.5, 0.6) is 0 Å². The molecule has 2 N–H and O–H groups in total. The lowest BCUT2D eigenvalue weighted by atomic mass is 9.86. The Bertz CT molecular complexity index is 1260. The summed E-state index contributed by atoms with van der Waals surface area (Å²) >= 11 is 0. The van der Waals surface area contributed by atoms with E-state index in [1.165, 1.54) is 22.0 Å². The predicted octanol–water partition coefficient (Wildman–Crippen LogP) is 5.45. The van der Waals surface area contributed by atoms with Crippen molar-refractivity contribution < 1.29 is 14.7 Å². The van der Waals surface area contributed by atoms with Crippen molar-refractivity contribution in [3.05, 3.63) is 77.5 Å². The lowest BCUT2D eigenvalue weighted by Crippen LogP contribution is -2.47. The second-order valence-corrected chi connectivity index (χ2v) is 10.7. The number of nitrogens with zero attached hydrogens (tertiary/aromatic N) is 2. The van der Waals surface area contributed by atoms with E-state index in [9.17, 15) is 14.7 Å². The molecule has 2 aromatic carbocycles. The first kappa shape index (κ1) is 25.3. The molecule has 5 rings (SSSR count). The van der Waals surface area contributed by atoms with E-state index in [1.54, 1.807) is 6.08 Å². The maximum Gasteiger partial charge on any atom is 0.320 e. The third-order valence-corrected chi connectivity index (χ3v) is 8.26. The third kappa shape index (κ3) is 5.96. The van der Waals surface area contributed by atoms with E-state index in [0.717, 1.165) is 44.3 Å². The number of carboxylic acids is 1. The van der Waals surface area contributed by atoms with Crippen LogP contribution in [-0.4, -0.2) is 64.0 Å². The second kappa shape index (κ2) is 11.3. The highest BCUT2D eigenvalue weighted by Crippen LogP contribution is 2.34. The largest absolute Gasteiger partial charge is 0.480 e. The van der Waals surface area contributed by atoms with Gasteiger partial charge in [-0.05, 0) is 87.2 Å². The second-order valence-electron chi connectivity index (χ2n) is 10.7. The monoisotopic (exact) mass is 499 g/mol. The zero-order valence-electron chi connectivity index (χ0n) is 21.6. The van der Waals surface area contributed by atoms with Crippen molar-refractivity contribution in [2.45, 2.75) is 51.0 Å². The van der Waals surface area contributed by atoms with Gasteiger partial charge in [-0.1, -0.05) is 48.0 Å². The molecule has 0 spiro atoms. The van der Waals surface area contributed by atoms with Gasteiger partial charge >= 0.3 is 5.97 Å². The van der Waals surface area contributed by atoms with Gasteiger partial charge in [0.15, 0.2) is 0 Å². The summed E-state index contributed by atoms with van der Waals surface area (Å²) in [5.74, 6) is 0.112. The van der Waals surface area contributed by atoms with Crippen LogP contribution in [0.15, 0.2) is 60.8 Å². The Hall–Kier alpha value is -3.38. The number of rotatable bonds is 7. The summed E-state index contributed by atoms with van der Waals surface area (Å²) in [4.78, 5) is 32.4. The maximum absolute atomic E-state index is 12.7. The highest BCUT2D eigenvalue weighted by atomic mass is 16.4. The normalized spacial score (nSPS) is 19.0. The van der Waals surface area contributed by atoms with Crippen LogP contribution in [-0.2, 0) is 9.59 Å². The predicted molar refractivity (Wildman–Crippen MR) is 147 cm³/mol. The van der Waals surface area contributed by atoms with E-state index in [0.29, 0.717) is 31.3 Å². The molecule has 2 aliphatic heterocycles. The van der Waals surface area contributed by atoms with Crippen molar-refractivity contribution in [2.75, 3.05) is 26.2 Å². The molecule has 0 aliphatic carbocycles. The van der Waals surface area contributed by atoms with Crippen molar-refractivity contribution in [3.8, 4) is 0 Å². The molecular formula is C31H37N3O3. The van der Waals surface area contributed by atoms with Gasteiger partial charge in [-0.3, -0.25) is 14.5 Å². The van der Waals surface area contributed by atoms with Gasteiger partial charge in [-0.25, -0.2) is 0 Å². The molecule has 6 nitrogen and oxygen atoms in total. The van der Waals surface area contributed by atoms with Gasteiger partial charge in [-0.2, -0.15) is 0 Å². The topological polar surface area (TPSA) is 76.6 Å². The molecular weight excluding hydrogens is 462 g/mol. The fraction of sp³-hybridized carbons (Fsp3) is 0.419. The van der Waals surface area contributed by atoms with Crippen LogP contribution in [0, 0.1) is 12.8 Å². The Balaban J connectivity index is 1.12. The van der Waals surface area contributed by atoms with Gasteiger partial charge in [0.1, 0.15) is 6.04 Å². The van der Waals surface area contributed by atoms with Gasteiger partial charge in [-0.15, -0.1) is 0 Å². The molecule has 0 bridgehead atoms. The highest BCUT2D eigenvalue weighted by Gasteiger charge is 2.34. The number of H-pyrrole nitrogens is 1. The summed E-state index contributed by atoms with van der Waals surface area (Å²) in [6.45, 7) is 5.04. The molecule has 37 heavy (non-hydrogen) atoms. The minimum Gasteiger partial charge on any atom is -0.480 e. The molecule has 2 aliphatic rings. The molecule has 3 aromatic rings. The molecule has 1 aromatic heterocycles. The molecule has 1 unspecified atom stereocenters. The van der Waals surface area contributed by atoms with E-state index < -0.39 is 12.0 Å². The SMILES string of the molecule is Cc1cccc(C=CC(=O)N2CCC(CC(C(=O)O)N3CCC(c4c[nH]c5ccccc45)CC3)CC2)c1. The number of aryl methyl sites for hydroxylation is 1. The smallest absolute Gasteiger partial charge is 0.320 e. The summed E-state index contributed by atoms with van der Waals surface area (Å²) in [6, 6.07) is 16.0. The van der Waals surface area contributed by atoms with Crippen molar-refractivity contribution in [2.24, 2.45) is 5.92 Å². The van der Waals surface area contributed by atoms with E-state index >= 15 is 0 Å². The molecule has 0 radical (unpaired) electrons. The number of nitrogens with one attached hydrogen (secondary N) is 1. The fourth-order valence-corrected chi connectivity index (χ4v) is 6.11. The van der Waals surface area contributed by atoms with Crippen LogP contribution in [0.2, 0.25) is 0 Å². The summed E-state index contributed by atoms with van der Waals surface area (Å²) in [7, 11) is 0. The van der Waals surface area contributed by atoms with E-state index in [2.05, 4.69) is 40.3 Å². The molecule has 2 fully saturated rings. The van der Waals surface area contributed by atoms with Gasteiger partial charge in [0.25, 0.3) is 0 Å². The zero-order valence-corrected chi connectivity index (χ0v) is 21.6. The Morgan fingerprint density at radius 1 is 1.03 bits per heavy atom. The van der Waals surface area contributed by atoms with Crippen molar-refractivity contribution in [1.29, 1.82) is 0 Å². The first-order valence-electron chi connectivity index (χ1n) is 13.5. The molecule has 6 heteroatoms. The van der Waals surface area contributed by atoms with Crippen LogP contribution in [0.25, 0.3) is 17.0 Å². The van der Waals surface area contributed by atoms with E-state index in [-0.39, 0.29) is 5.91 Å². The minimum absolute atomic E-state index is 0.0362. The number of carbonyl (C=O) groups excluding carboxylic acids is 1. The fourth-order valence-electron chi connectivity index (χ4n) is 6.11. The van der Waals surface area contributed by atoms with Gasteiger partial charge < -0.3 is 15.0 Å². The van der Waals surface area contributed by atoms with Crippen LogP contribution >= 0.6 is 0 Å². The molecule has 1 amide bonds. The number of piperidine rings is 2. The van der Waals surface area contributed by atoms with Crippen LogP contribution in [0.4, 0.5) is 0 Å². The Morgan fingerprint density at radius 3 is 2.51 bits per heavy atom. The summed E-state index contributed by atoms with van der Waals surface area (Å²) in [5, 5.41) is 11.3. The number of hydrogen-bond donors (Lipinski definition) is 2. The van der Waals surface area contributed by atoms with Gasteiger partial charge in [0.05, 0.1) is 0 Å². The number of aliphatic carboxylic acids is 1. The average Bonchev–Trinajstić information content (AvgIpc) is 3.35. The molecule has 0 saturated carbocycles. The van der Waals surface area contributed by atoms with Crippen LogP contribution in [0.3, 0.4) is 0 Å². The lowest BCUT2D eigenvalue weighted by Gasteiger charge is -2.38. The number of fused-ring (bicyclic) bond motifs is 1. The number of likely N-dealkylation sites (tertiary alicyclic amines) is 2. The van der Waals surface area contributed by atoms with Crippen molar-refractivity contribution in [3.63, 3.8) is 0 Å². The molecule has 3 heterocycles. The first-order valence-corrected chi connectivity index (χ1v) is 13.5. The molecule has 2 saturated heterocycles. The molecule has 1 atom stereocenters. The number of benzene rings is 2. The van der Waals surface area contributed by atoms with Crippen molar-refractivity contribution in [1.82, 2.24) is 14.8 Å². The maximum atomic E-state index is 12.7. The van der Waals surface area contributed by atoms with E-state index in [4.69, 9.17) is 0 Å². The van der Waals surface area contributed by atoms with Crippen LogP contribution < -0.4 is 0 Å². The number of para-hydroxylation sites is 1. The minimum atomic E-state index is -0.717. The summed E-state index contributed by atoms with van der Waals surface area (Å²) < 4.78 is 0. The summed E-state index contributed by atoms with van der Waals surface area (Å²) in [6.07, 6.45) is 10.0. The summed E-state index contributed by atoms with van der Waals surface area (Å²) in [5.41, 5.74) is 4.72. The van der Waals surface area contributed by atoms with Crippen LogP contribution in [0.1, 0.15) is 54.7 Å². The van der Waals surface area contributed by atoms with Gasteiger partial charge in [0, 0.05) is 36.3 Å². The Morgan fingerprint density at radius 2 is 1.78 bits per heavy atom. The number of aromatic amines is 1. The number of carbonyl (C=O) groups is 2. The zero-order chi connectivity index (χ0) is 25.8. The Labute approximate surface area is 219 Å². The van der Waals surface area contributed by atoms with Gasteiger partial charge in [0.2, 0.25) is 5.91 Å². The van der Waals surface area contributed by atoms with Crippen molar-refractivity contribution >= 4 is 28.9 Å². The average molecular weight is 500 g/mol.